The van der Waals surface area contributed by atoms with Gasteiger partial charge in [0.05, 0.1) is 11.5 Å². The predicted molar refractivity (Wildman–Crippen MR) is 61.9 cm³/mol. The lowest BCUT2D eigenvalue weighted by Gasteiger charge is -2.27. The first kappa shape index (κ1) is 13.0. The summed E-state index contributed by atoms with van der Waals surface area (Å²) in [5, 5.41) is 0.115. The van der Waals surface area contributed by atoms with E-state index in [9.17, 15) is 4.79 Å². The van der Waals surface area contributed by atoms with Crippen molar-refractivity contribution in [1.29, 1.82) is 0 Å². The van der Waals surface area contributed by atoms with Crippen LogP contribution in [0, 0.1) is 5.41 Å². The van der Waals surface area contributed by atoms with E-state index >= 15 is 0 Å². The van der Waals surface area contributed by atoms with Crippen LogP contribution in [-0.4, -0.2) is 23.7 Å². The third kappa shape index (κ3) is 4.51. The predicted octanol–water partition coefficient (Wildman–Crippen LogP) is 2.87. The molecule has 1 rings (SSSR count). The zero-order valence-electron chi connectivity index (χ0n) is 9.59. The average Bonchev–Trinajstić information content (AvgIpc) is 2.12. The summed E-state index contributed by atoms with van der Waals surface area (Å²) in [6, 6.07) is 0. The molecule has 0 radical (unpaired) electrons. The van der Waals surface area contributed by atoms with E-state index in [1.807, 2.05) is 20.8 Å². The van der Waals surface area contributed by atoms with Gasteiger partial charge in [0.15, 0.2) is 0 Å². The zero-order valence-corrected chi connectivity index (χ0v) is 11.2. The number of esters is 1. The maximum absolute atomic E-state index is 11.5. The minimum atomic E-state index is -0.428. The second-order valence-electron chi connectivity index (χ2n) is 4.95. The first-order valence-corrected chi connectivity index (χ1v) is 6.28. The Morgan fingerprint density at radius 3 is 2.67 bits per heavy atom. The lowest BCUT2D eigenvalue weighted by Crippen LogP contribution is -2.32. The molecule has 0 spiro atoms. The number of hydrogen-bond acceptors (Lipinski definition) is 3. The number of halogens is 1. The van der Waals surface area contributed by atoms with Crippen LogP contribution in [0.25, 0.3) is 0 Å². The van der Waals surface area contributed by atoms with Crippen LogP contribution in [-0.2, 0) is 14.3 Å². The highest BCUT2D eigenvalue weighted by Gasteiger charge is 2.26. The van der Waals surface area contributed by atoms with Gasteiger partial charge in [-0.3, -0.25) is 4.79 Å². The second kappa shape index (κ2) is 5.30. The largest absolute Gasteiger partial charge is 0.463 e. The number of ether oxygens (including phenoxy) is 2. The maximum Gasteiger partial charge on any atom is 0.311 e. The van der Waals surface area contributed by atoms with Gasteiger partial charge < -0.3 is 9.47 Å². The molecule has 0 saturated carbocycles. The van der Waals surface area contributed by atoms with Gasteiger partial charge in [0.2, 0.25) is 0 Å². The molecule has 0 aromatic heterocycles. The SMILES string of the molecule is CC(C)(C)C(=O)OC[C@H]1CCC[C@@H](Br)O1. The lowest BCUT2D eigenvalue weighted by atomic mass is 9.97. The fraction of sp³-hybridized carbons (Fsp3) is 0.909. The Balaban J connectivity index is 2.28. The van der Waals surface area contributed by atoms with Crippen LogP contribution in [0.4, 0.5) is 0 Å². The molecule has 1 aliphatic rings. The van der Waals surface area contributed by atoms with Gasteiger partial charge in [-0.1, -0.05) is 15.9 Å². The highest BCUT2D eigenvalue weighted by molar-refractivity contribution is 9.09. The molecule has 4 heteroatoms. The second-order valence-corrected chi connectivity index (χ2v) is 5.97. The molecular formula is C11H19BrO3. The first-order chi connectivity index (χ1) is 6.89. The van der Waals surface area contributed by atoms with Crippen molar-refractivity contribution in [2.24, 2.45) is 5.41 Å². The number of carbonyl (C=O) groups excluding carboxylic acids is 1. The van der Waals surface area contributed by atoms with Gasteiger partial charge in [0.25, 0.3) is 0 Å². The van der Waals surface area contributed by atoms with Crippen LogP contribution in [0.3, 0.4) is 0 Å². The fourth-order valence-corrected chi connectivity index (χ4v) is 1.99. The molecule has 1 saturated heterocycles. The van der Waals surface area contributed by atoms with Crippen molar-refractivity contribution in [3.63, 3.8) is 0 Å². The van der Waals surface area contributed by atoms with Gasteiger partial charge in [0.1, 0.15) is 11.6 Å². The molecule has 15 heavy (non-hydrogen) atoms. The summed E-state index contributed by atoms with van der Waals surface area (Å²) in [5.74, 6) is -0.164. The van der Waals surface area contributed by atoms with E-state index < -0.39 is 5.41 Å². The Labute approximate surface area is 99.6 Å². The molecule has 0 aromatic carbocycles. The van der Waals surface area contributed by atoms with E-state index in [0.717, 1.165) is 19.3 Å². The van der Waals surface area contributed by atoms with E-state index in [1.54, 1.807) is 0 Å². The van der Waals surface area contributed by atoms with Crippen molar-refractivity contribution < 1.29 is 14.3 Å². The van der Waals surface area contributed by atoms with E-state index in [1.165, 1.54) is 0 Å². The molecule has 2 atom stereocenters. The lowest BCUT2D eigenvalue weighted by molar-refractivity contribution is -0.158. The summed E-state index contributed by atoms with van der Waals surface area (Å²) in [4.78, 5) is 11.5. The van der Waals surface area contributed by atoms with E-state index in [0.29, 0.717) is 6.61 Å². The molecule has 1 fully saturated rings. The standard InChI is InChI=1S/C11H19BrO3/c1-11(2,3)10(13)14-7-8-5-4-6-9(12)15-8/h8-9H,4-7H2,1-3H3/t8-,9+/m1/s1. The molecule has 1 heterocycles. The minimum Gasteiger partial charge on any atom is -0.463 e. The third-order valence-corrected chi connectivity index (χ3v) is 2.98. The number of carbonyl (C=O) groups is 1. The smallest absolute Gasteiger partial charge is 0.311 e. The van der Waals surface area contributed by atoms with Crippen molar-refractivity contribution in [1.82, 2.24) is 0 Å². The monoisotopic (exact) mass is 278 g/mol. The summed E-state index contributed by atoms with van der Waals surface area (Å²) >= 11 is 3.41. The average molecular weight is 279 g/mol. The van der Waals surface area contributed by atoms with Crippen LogP contribution in [0.1, 0.15) is 40.0 Å². The van der Waals surface area contributed by atoms with Crippen LogP contribution in [0.2, 0.25) is 0 Å². The molecule has 0 bridgehead atoms. The topological polar surface area (TPSA) is 35.5 Å². The Morgan fingerprint density at radius 1 is 1.47 bits per heavy atom. The van der Waals surface area contributed by atoms with Crippen molar-refractivity contribution in [2.75, 3.05) is 6.61 Å². The van der Waals surface area contributed by atoms with Crippen molar-refractivity contribution >= 4 is 21.9 Å². The van der Waals surface area contributed by atoms with Gasteiger partial charge in [-0.15, -0.1) is 0 Å². The first-order valence-electron chi connectivity index (χ1n) is 5.36. The summed E-state index contributed by atoms with van der Waals surface area (Å²) < 4.78 is 10.8. The highest BCUT2D eigenvalue weighted by Crippen LogP contribution is 2.23. The van der Waals surface area contributed by atoms with Gasteiger partial charge in [-0.25, -0.2) is 0 Å². The van der Waals surface area contributed by atoms with Crippen molar-refractivity contribution in [2.45, 2.75) is 51.2 Å². The molecule has 0 aromatic rings. The van der Waals surface area contributed by atoms with Crippen LogP contribution < -0.4 is 0 Å². The number of hydrogen-bond donors (Lipinski definition) is 0. The van der Waals surface area contributed by atoms with Gasteiger partial charge in [0, 0.05) is 0 Å². The highest BCUT2D eigenvalue weighted by atomic mass is 79.9. The summed E-state index contributed by atoms with van der Waals surface area (Å²) in [6.07, 6.45) is 3.17. The molecule has 88 valence electrons. The van der Waals surface area contributed by atoms with Crippen molar-refractivity contribution in [3.05, 3.63) is 0 Å². The Morgan fingerprint density at radius 2 is 2.13 bits per heavy atom. The fourth-order valence-electron chi connectivity index (χ4n) is 1.36. The van der Waals surface area contributed by atoms with Gasteiger partial charge in [-0.2, -0.15) is 0 Å². The minimum absolute atomic E-state index is 0.0504. The maximum atomic E-state index is 11.5. The molecule has 3 nitrogen and oxygen atoms in total. The molecule has 1 aliphatic heterocycles. The summed E-state index contributed by atoms with van der Waals surface area (Å²) in [6.45, 7) is 5.93. The Kier molecular flexibility index (Phi) is 4.59. The number of rotatable bonds is 2. The molecule has 0 aliphatic carbocycles. The van der Waals surface area contributed by atoms with Gasteiger partial charge >= 0.3 is 5.97 Å². The Hall–Kier alpha value is -0.0900. The quantitative estimate of drug-likeness (QED) is 0.576. The van der Waals surface area contributed by atoms with E-state index in [2.05, 4.69) is 15.9 Å². The van der Waals surface area contributed by atoms with Crippen LogP contribution in [0.5, 0.6) is 0 Å². The van der Waals surface area contributed by atoms with Crippen LogP contribution >= 0.6 is 15.9 Å². The molecule has 0 amide bonds. The Bertz CT molecular complexity index is 222. The third-order valence-electron chi connectivity index (χ3n) is 2.31. The normalized spacial score (nSPS) is 27.5. The van der Waals surface area contributed by atoms with E-state index in [-0.39, 0.29) is 17.1 Å². The van der Waals surface area contributed by atoms with E-state index in [4.69, 9.17) is 9.47 Å². The molecule has 0 unspecified atom stereocenters. The zero-order chi connectivity index (χ0) is 11.5. The van der Waals surface area contributed by atoms with Gasteiger partial charge in [-0.05, 0) is 40.0 Å². The number of alkyl halides is 1. The summed E-state index contributed by atoms with van der Waals surface area (Å²) in [5.41, 5.74) is -0.428. The van der Waals surface area contributed by atoms with Crippen molar-refractivity contribution in [3.8, 4) is 0 Å². The van der Waals surface area contributed by atoms with Crippen LogP contribution in [0.15, 0.2) is 0 Å². The molecule has 0 N–H and O–H groups in total. The summed E-state index contributed by atoms with van der Waals surface area (Å²) in [7, 11) is 0. The molecular weight excluding hydrogens is 260 g/mol.